The first kappa shape index (κ1) is 15.4. The fourth-order valence-electron chi connectivity index (χ4n) is 2.37. The molecule has 0 aliphatic carbocycles. The molecule has 112 valence electrons. The Morgan fingerprint density at radius 2 is 2.10 bits per heavy atom. The number of carbonyl (C=O) groups excluding carboxylic acids is 2. The fourth-order valence-corrected chi connectivity index (χ4v) is 2.56. The minimum Gasteiger partial charge on any atom is -0.393 e. The van der Waals surface area contributed by atoms with Crippen LogP contribution in [-0.4, -0.2) is 41.3 Å². The van der Waals surface area contributed by atoms with Crippen LogP contribution in [0.3, 0.4) is 0 Å². The second kappa shape index (κ2) is 7.17. The molecule has 0 aromatic heterocycles. The van der Waals surface area contributed by atoms with Crippen molar-refractivity contribution in [2.45, 2.75) is 12.8 Å². The van der Waals surface area contributed by atoms with Crippen molar-refractivity contribution in [1.29, 1.82) is 0 Å². The van der Waals surface area contributed by atoms with Gasteiger partial charge in [0.2, 0.25) is 11.8 Å². The number of amides is 2. The summed E-state index contributed by atoms with van der Waals surface area (Å²) in [5, 5.41) is 2.75. The monoisotopic (exact) mass is 305 g/mol. The lowest BCUT2D eigenvalue weighted by molar-refractivity contribution is -0.136. The average Bonchev–Trinajstić information content (AvgIpc) is 2.69. The highest BCUT2D eigenvalue weighted by molar-refractivity contribution is 7.80. The topological polar surface area (TPSA) is 75.4 Å². The summed E-state index contributed by atoms with van der Waals surface area (Å²) in [5.41, 5.74) is 6.75. The molecule has 1 fully saturated rings. The van der Waals surface area contributed by atoms with Gasteiger partial charge in [-0.1, -0.05) is 42.5 Å². The molecule has 1 aromatic carbocycles. The summed E-state index contributed by atoms with van der Waals surface area (Å²) >= 11 is 5.05. The summed E-state index contributed by atoms with van der Waals surface area (Å²) in [6.07, 6.45) is 1.21. The third-order valence-corrected chi connectivity index (χ3v) is 3.78. The molecule has 1 aliphatic heterocycles. The molecule has 1 unspecified atom stereocenters. The highest BCUT2D eigenvalue weighted by Gasteiger charge is 2.29. The van der Waals surface area contributed by atoms with E-state index in [4.69, 9.17) is 18.0 Å². The van der Waals surface area contributed by atoms with Crippen molar-refractivity contribution in [3.8, 4) is 0 Å². The summed E-state index contributed by atoms with van der Waals surface area (Å²) in [6.45, 7) is 1.22. The van der Waals surface area contributed by atoms with Gasteiger partial charge in [-0.3, -0.25) is 9.59 Å². The van der Waals surface area contributed by atoms with Crippen molar-refractivity contribution < 1.29 is 9.59 Å². The molecule has 0 bridgehead atoms. The lowest BCUT2D eigenvalue weighted by Crippen LogP contribution is -2.45. The number of thiocarbonyl (C=S) groups is 1. The Balaban J connectivity index is 2.11. The number of hydrogen-bond donors (Lipinski definition) is 2. The van der Waals surface area contributed by atoms with Gasteiger partial charge < -0.3 is 16.0 Å². The Morgan fingerprint density at radius 3 is 2.76 bits per heavy atom. The number of rotatable bonds is 4. The molecule has 0 saturated carbocycles. The summed E-state index contributed by atoms with van der Waals surface area (Å²) in [7, 11) is 0. The van der Waals surface area contributed by atoms with E-state index in [9.17, 15) is 9.59 Å². The summed E-state index contributed by atoms with van der Waals surface area (Å²) in [4.78, 5) is 25.9. The van der Waals surface area contributed by atoms with Gasteiger partial charge in [0.05, 0.1) is 17.5 Å². The molecule has 5 nitrogen and oxygen atoms in total. The number of carbonyl (C=O) groups is 2. The lowest BCUT2D eigenvalue weighted by Gasteiger charge is -2.24. The zero-order valence-electron chi connectivity index (χ0n) is 11.7. The first-order valence-corrected chi connectivity index (χ1v) is 7.37. The van der Waals surface area contributed by atoms with E-state index in [0.29, 0.717) is 19.5 Å². The average molecular weight is 305 g/mol. The van der Waals surface area contributed by atoms with Crippen LogP contribution in [0.25, 0.3) is 0 Å². The van der Waals surface area contributed by atoms with Crippen LogP contribution in [0, 0.1) is 5.92 Å². The fraction of sp³-hybridized carbons (Fsp3) is 0.400. The van der Waals surface area contributed by atoms with Gasteiger partial charge in [0.15, 0.2) is 0 Å². The second-order valence-corrected chi connectivity index (χ2v) is 5.58. The molecule has 1 atom stereocenters. The molecule has 1 aliphatic rings. The Hall–Kier alpha value is -1.95. The van der Waals surface area contributed by atoms with E-state index >= 15 is 0 Å². The molecule has 0 spiro atoms. The van der Waals surface area contributed by atoms with Crippen LogP contribution in [0.5, 0.6) is 0 Å². The number of nitrogens with one attached hydrogen (secondary N) is 1. The van der Waals surface area contributed by atoms with E-state index in [1.165, 1.54) is 0 Å². The van der Waals surface area contributed by atoms with Crippen LogP contribution >= 0.6 is 12.2 Å². The van der Waals surface area contributed by atoms with Gasteiger partial charge in [-0.15, -0.1) is 0 Å². The number of hydrogen-bond acceptors (Lipinski definition) is 3. The van der Waals surface area contributed by atoms with E-state index in [0.717, 1.165) is 12.0 Å². The van der Waals surface area contributed by atoms with Crippen LogP contribution in [0.15, 0.2) is 30.3 Å². The smallest absolute Gasteiger partial charge is 0.239 e. The quantitative estimate of drug-likeness (QED) is 0.794. The highest BCUT2D eigenvalue weighted by Crippen LogP contribution is 2.13. The predicted molar refractivity (Wildman–Crippen MR) is 84.6 cm³/mol. The third kappa shape index (κ3) is 4.26. The predicted octanol–water partition coefficient (Wildman–Crippen LogP) is 0.480. The number of benzene rings is 1. The van der Waals surface area contributed by atoms with Gasteiger partial charge in [-0.25, -0.2) is 0 Å². The van der Waals surface area contributed by atoms with Crippen LogP contribution in [0.1, 0.15) is 12.0 Å². The zero-order valence-corrected chi connectivity index (χ0v) is 12.6. The highest BCUT2D eigenvalue weighted by atomic mass is 32.1. The standard InChI is InChI=1S/C15H19N3O2S/c16-14(21)12(9-11-5-2-1-3-6-11)15(20)18-8-4-7-17-13(19)10-18/h1-3,5-6,12H,4,7-10H2,(H2,16,21)(H,17,19). The molecule has 1 saturated heterocycles. The maximum atomic E-state index is 12.6. The Morgan fingerprint density at radius 1 is 1.38 bits per heavy atom. The van der Waals surface area contributed by atoms with Crippen molar-refractivity contribution in [2.24, 2.45) is 11.7 Å². The Labute approximate surface area is 129 Å². The third-order valence-electron chi connectivity index (χ3n) is 3.50. The first-order chi connectivity index (χ1) is 10.1. The van der Waals surface area contributed by atoms with Crippen molar-refractivity contribution in [2.75, 3.05) is 19.6 Å². The molecular formula is C15H19N3O2S. The largest absolute Gasteiger partial charge is 0.393 e. The molecule has 2 amide bonds. The SMILES string of the molecule is NC(=S)C(Cc1ccccc1)C(=O)N1CCCNC(=O)C1. The van der Waals surface area contributed by atoms with Crippen molar-refractivity contribution in [1.82, 2.24) is 10.2 Å². The molecule has 3 N–H and O–H groups in total. The molecule has 1 heterocycles. The van der Waals surface area contributed by atoms with Crippen molar-refractivity contribution in [3.05, 3.63) is 35.9 Å². The van der Waals surface area contributed by atoms with E-state index in [1.54, 1.807) is 4.90 Å². The minimum atomic E-state index is -0.562. The van der Waals surface area contributed by atoms with Gasteiger partial charge in [-0.2, -0.15) is 0 Å². The number of nitrogens with zero attached hydrogens (tertiary/aromatic N) is 1. The lowest BCUT2D eigenvalue weighted by atomic mass is 9.97. The zero-order chi connectivity index (χ0) is 15.2. The molecule has 0 radical (unpaired) electrons. The van der Waals surface area contributed by atoms with Gasteiger partial charge in [-0.05, 0) is 18.4 Å². The van der Waals surface area contributed by atoms with Crippen LogP contribution in [0.2, 0.25) is 0 Å². The van der Waals surface area contributed by atoms with Crippen LogP contribution in [0.4, 0.5) is 0 Å². The number of nitrogens with two attached hydrogens (primary N) is 1. The summed E-state index contributed by atoms with van der Waals surface area (Å²) in [6, 6.07) is 9.62. The maximum Gasteiger partial charge on any atom is 0.239 e. The molecule has 2 rings (SSSR count). The van der Waals surface area contributed by atoms with Gasteiger partial charge in [0.1, 0.15) is 0 Å². The van der Waals surface area contributed by atoms with E-state index < -0.39 is 5.92 Å². The first-order valence-electron chi connectivity index (χ1n) is 6.96. The maximum absolute atomic E-state index is 12.6. The van der Waals surface area contributed by atoms with E-state index in [2.05, 4.69) is 5.32 Å². The second-order valence-electron chi connectivity index (χ2n) is 5.11. The Bertz CT molecular complexity index is 533. The summed E-state index contributed by atoms with van der Waals surface area (Å²) < 4.78 is 0. The minimum absolute atomic E-state index is 0.0761. The normalized spacial score (nSPS) is 16.8. The molecule has 21 heavy (non-hydrogen) atoms. The molecule has 1 aromatic rings. The van der Waals surface area contributed by atoms with Gasteiger partial charge in [0.25, 0.3) is 0 Å². The van der Waals surface area contributed by atoms with Gasteiger partial charge >= 0.3 is 0 Å². The molecule has 6 heteroatoms. The van der Waals surface area contributed by atoms with E-state index in [1.807, 2.05) is 30.3 Å². The van der Waals surface area contributed by atoms with Crippen molar-refractivity contribution in [3.63, 3.8) is 0 Å². The van der Waals surface area contributed by atoms with Crippen molar-refractivity contribution >= 4 is 29.0 Å². The van der Waals surface area contributed by atoms with Crippen LogP contribution in [-0.2, 0) is 16.0 Å². The van der Waals surface area contributed by atoms with E-state index in [-0.39, 0.29) is 23.3 Å². The summed E-state index contributed by atoms with van der Waals surface area (Å²) in [5.74, 6) is -0.862. The Kier molecular flexibility index (Phi) is 5.27. The van der Waals surface area contributed by atoms with Gasteiger partial charge in [0, 0.05) is 13.1 Å². The molecular weight excluding hydrogens is 286 g/mol. The van der Waals surface area contributed by atoms with Crippen LogP contribution < -0.4 is 11.1 Å².